The zero-order valence-corrected chi connectivity index (χ0v) is 14.5. The molecule has 2 aromatic rings. The van der Waals surface area contributed by atoms with Gasteiger partial charge in [-0.05, 0) is 40.5 Å². The molecule has 0 unspecified atom stereocenters. The Kier molecular flexibility index (Phi) is 6.19. The number of amides is 1. The van der Waals surface area contributed by atoms with Gasteiger partial charge >= 0.3 is 0 Å². The number of nitrogens with one attached hydrogen (secondary N) is 1. The highest BCUT2D eigenvalue weighted by atomic mass is 79.9. The molecule has 114 valence electrons. The third kappa shape index (κ3) is 4.98. The van der Waals surface area contributed by atoms with E-state index in [1.54, 1.807) is 18.2 Å². The van der Waals surface area contributed by atoms with Crippen LogP contribution in [0.3, 0.4) is 0 Å². The van der Waals surface area contributed by atoms with Gasteiger partial charge in [0.1, 0.15) is 16.7 Å². The quantitative estimate of drug-likeness (QED) is 0.736. The Bertz CT molecular complexity index is 714. The number of hydrogen-bond acceptors (Lipinski definition) is 5. The highest BCUT2D eigenvalue weighted by molar-refractivity contribution is 9.10. The molecular formula is C14H11BrClN3O2S. The van der Waals surface area contributed by atoms with Crippen LogP contribution in [-0.2, 0) is 4.79 Å². The second-order valence-electron chi connectivity index (χ2n) is 4.22. The minimum absolute atomic E-state index is 0.156. The van der Waals surface area contributed by atoms with Gasteiger partial charge in [0.25, 0.3) is 0 Å². The fraction of sp³-hybridized carbons (Fsp3) is 0.214. The lowest BCUT2D eigenvalue weighted by atomic mass is 10.3. The van der Waals surface area contributed by atoms with Gasteiger partial charge in [-0.1, -0.05) is 22.9 Å². The number of rotatable bonds is 6. The number of ether oxygens (including phenoxy) is 1. The maximum absolute atomic E-state index is 11.7. The zero-order valence-electron chi connectivity index (χ0n) is 11.3. The van der Waals surface area contributed by atoms with Crippen molar-refractivity contribution < 1.29 is 9.53 Å². The highest BCUT2D eigenvalue weighted by Crippen LogP contribution is 2.26. The van der Waals surface area contributed by atoms with Crippen molar-refractivity contribution in [1.82, 2.24) is 4.98 Å². The third-order valence-corrected chi connectivity index (χ3v) is 4.62. The monoisotopic (exact) mass is 399 g/mol. The van der Waals surface area contributed by atoms with Crippen LogP contribution in [0.2, 0.25) is 5.02 Å². The molecular weight excluding hydrogens is 390 g/mol. The molecule has 0 saturated heterocycles. The molecule has 22 heavy (non-hydrogen) atoms. The number of carbonyl (C=O) groups is 1. The van der Waals surface area contributed by atoms with Gasteiger partial charge in [-0.2, -0.15) is 5.26 Å². The Balaban J connectivity index is 1.70. The Morgan fingerprint density at radius 3 is 3.05 bits per heavy atom. The Hall–Kier alpha value is -1.62. The largest absolute Gasteiger partial charge is 0.494 e. The molecule has 0 fully saturated rings. The van der Waals surface area contributed by atoms with Crippen LogP contribution in [0.15, 0.2) is 28.9 Å². The fourth-order valence-electron chi connectivity index (χ4n) is 1.55. The SMILES string of the molecule is N#Cc1cnc(NC(=O)CCCOc2ccc(Br)c(Cl)c2)s1. The maximum Gasteiger partial charge on any atom is 0.226 e. The number of nitriles is 1. The second kappa shape index (κ2) is 8.13. The van der Waals surface area contributed by atoms with Gasteiger partial charge in [-0.25, -0.2) is 4.98 Å². The van der Waals surface area contributed by atoms with Gasteiger partial charge in [0.15, 0.2) is 5.13 Å². The van der Waals surface area contributed by atoms with Crippen molar-refractivity contribution in [3.05, 3.63) is 38.8 Å². The van der Waals surface area contributed by atoms with Gasteiger partial charge < -0.3 is 10.1 Å². The normalized spacial score (nSPS) is 10.0. The van der Waals surface area contributed by atoms with Crippen molar-refractivity contribution in [2.75, 3.05) is 11.9 Å². The summed E-state index contributed by atoms with van der Waals surface area (Å²) in [7, 11) is 0. The lowest BCUT2D eigenvalue weighted by molar-refractivity contribution is -0.116. The third-order valence-electron chi connectivity index (χ3n) is 2.57. The van der Waals surface area contributed by atoms with Crippen LogP contribution in [0, 0.1) is 11.3 Å². The number of nitrogens with zero attached hydrogens (tertiary/aromatic N) is 2. The van der Waals surface area contributed by atoms with Crippen molar-refractivity contribution in [1.29, 1.82) is 5.26 Å². The molecule has 1 amide bonds. The summed E-state index contributed by atoms with van der Waals surface area (Å²) >= 11 is 10.4. The highest BCUT2D eigenvalue weighted by Gasteiger charge is 2.07. The molecule has 8 heteroatoms. The molecule has 0 aliphatic heterocycles. The lowest BCUT2D eigenvalue weighted by Crippen LogP contribution is -2.12. The number of anilines is 1. The van der Waals surface area contributed by atoms with Crippen LogP contribution < -0.4 is 10.1 Å². The maximum atomic E-state index is 11.7. The molecule has 0 spiro atoms. The average molecular weight is 401 g/mol. The predicted octanol–water partition coefficient (Wildman–Crippen LogP) is 4.23. The summed E-state index contributed by atoms with van der Waals surface area (Å²) in [6, 6.07) is 7.29. The molecule has 1 aromatic carbocycles. The van der Waals surface area contributed by atoms with Crippen LogP contribution in [-0.4, -0.2) is 17.5 Å². The first kappa shape index (κ1) is 16.7. The molecule has 0 saturated carbocycles. The molecule has 1 heterocycles. The minimum atomic E-state index is -0.156. The summed E-state index contributed by atoms with van der Waals surface area (Å²) in [5, 5.41) is 12.3. The summed E-state index contributed by atoms with van der Waals surface area (Å²) in [4.78, 5) is 16.1. The van der Waals surface area contributed by atoms with E-state index in [2.05, 4.69) is 26.2 Å². The first-order chi connectivity index (χ1) is 10.6. The van der Waals surface area contributed by atoms with E-state index < -0.39 is 0 Å². The van der Waals surface area contributed by atoms with Gasteiger partial charge in [-0.15, -0.1) is 0 Å². The van der Waals surface area contributed by atoms with E-state index in [1.165, 1.54) is 6.20 Å². The smallest absolute Gasteiger partial charge is 0.226 e. The number of carbonyl (C=O) groups excluding carboxylic acids is 1. The van der Waals surface area contributed by atoms with Gasteiger partial charge in [0, 0.05) is 10.9 Å². The molecule has 0 atom stereocenters. The van der Waals surface area contributed by atoms with E-state index in [-0.39, 0.29) is 5.91 Å². The summed E-state index contributed by atoms with van der Waals surface area (Å²) < 4.78 is 6.33. The lowest BCUT2D eigenvalue weighted by Gasteiger charge is -2.07. The zero-order chi connectivity index (χ0) is 15.9. The van der Waals surface area contributed by atoms with Gasteiger partial charge in [0.2, 0.25) is 5.91 Å². The Morgan fingerprint density at radius 2 is 2.36 bits per heavy atom. The summed E-state index contributed by atoms with van der Waals surface area (Å²) in [6.07, 6.45) is 2.31. The molecule has 2 rings (SSSR count). The average Bonchev–Trinajstić information content (AvgIpc) is 2.95. The van der Waals surface area contributed by atoms with Crippen molar-refractivity contribution >= 4 is 49.9 Å². The molecule has 0 radical (unpaired) electrons. The molecule has 5 nitrogen and oxygen atoms in total. The topological polar surface area (TPSA) is 75.0 Å². The van der Waals surface area contributed by atoms with E-state index in [0.29, 0.717) is 40.2 Å². The van der Waals surface area contributed by atoms with E-state index >= 15 is 0 Å². The van der Waals surface area contributed by atoms with Gasteiger partial charge in [0.05, 0.1) is 17.8 Å². The van der Waals surface area contributed by atoms with E-state index in [0.717, 1.165) is 15.8 Å². The van der Waals surface area contributed by atoms with Crippen LogP contribution in [0.5, 0.6) is 5.75 Å². The predicted molar refractivity (Wildman–Crippen MR) is 89.3 cm³/mol. The molecule has 0 aliphatic carbocycles. The number of thiazole rings is 1. The Labute approximate surface area is 145 Å². The molecule has 1 N–H and O–H groups in total. The summed E-state index contributed by atoms with van der Waals surface area (Å²) in [6.45, 7) is 0.409. The number of halogens is 2. The number of benzene rings is 1. The fourth-order valence-corrected chi connectivity index (χ4v) is 2.60. The standard InChI is InChI=1S/C14H11BrClN3O2S/c15-11-4-3-9(6-12(11)16)21-5-1-2-13(20)19-14-18-8-10(7-17)22-14/h3-4,6,8H,1-2,5H2,(H,18,19,20). The van der Waals surface area contributed by atoms with Crippen molar-refractivity contribution in [3.63, 3.8) is 0 Å². The van der Waals surface area contributed by atoms with Crippen LogP contribution in [0.1, 0.15) is 17.7 Å². The molecule has 0 bridgehead atoms. The van der Waals surface area contributed by atoms with Crippen LogP contribution in [0.25, 0.3) is 0 Å². The van der Waals surface area contributed by atoms with E-state index in [9.17, 15) is 4.79 Å². The summed E-state index contributed by atoms with van der Waals surface area (Å²) in [5.41, 5.74) is 0. The summed E-state index contributed by atoms with van der Waals surface area (Å²) in [5.74, 6) is 0.503. The van der Waals surface area contributed by atoms with Crippen molar-refractivity contribution in [2.24, 2.45) is 0 Å². The number of aromatic nitrogens is 1. The first-order valence-corrected chi connectivity index (χ1v) is 8.31. The van der Waals surface area contributed by atoms with Gasteiger partial charge in [-0.3, -0.25) is 4.79 Å². The number of hydrogen-bond donors (Lipinski definition) is 1. The van der Waals surface area contributed by atoms with Crippen LogP contribution in [0.4, 0.5) is 5.13 Å². The molecule has 1 aromatic heterocycles. The molecule has 0 aliphatic rings. The van der Waals surface area contributed by atoms with Crippen LogP contribution >= 0.6 is 38.9 Å². The van der Waals surface area contributed by atoms with E-state index in [1.807, 2.05) is 6.07 Å². The van der Waals surface area contributed by atoms with Crippen molar-refractivity contribution in [3.8, 4) is 11.8 Å². The second-order valence-corrected chi connectivity index (χ2v) is 6.51. The Morgan fingerprint density at radius 1 is 1.55 bits per heavy atom. The van der Waals surface area contributed by atoms with Crippen molar-refractivity contribution in [2.45, 2.75) is 12.8 Å². The minimum Gasteiger partial charge on any atom is -0.494 e. The first-order valence-electron chi connectivity index (χ1n) is 6.32. The van der Waals surface area contributed by atoms with E-state index in [4.69, 9.17) is 21.6 Å².